The molecule has 10 N–H and O–H groups in total. The van der Waals surface area contributed by atoms with Crippen LogP contribution in [0.4, 0.5) is 0 Å². The Bertz CT molecular complexity index is 2550. The lowest BCUT2D eigenvalue weighted by Crippen LogP contribution is -2.70. The number of esters is 4. The average molecular weight is 1740 g/mol. The number of phosphoric ester groups is 1. The Morgan fingerprint density at radius 2 is 0.675 bits per heavy atom. The van der Waals surface area contributed by atoms with Gasteiger partial charge in [0.25, 0.3) is 0 Å². The highest BCUT2D eigenvalue weighted by atomic mass is 31.2. The Labute approximate surface area is 724 Å². The first kappa shape index (κ1) is 111. The normalized spacial score (nSPS) is 25.0. The van der Waals surface area contributed by atoms with Gasteiger partial charge in [-0.25, -0.2) is 4.57 Å². The van der Waals surface area contributed by atoms with Crippen molar-refractivity contribution in [2.45, 2.75) is 530 Å². The fourth-order valence-corrected chi connectivity index (χ4v) is 17.3. The molecule has 0 aromatic rings. The molecule has 706 valence electrons. The predicted octanol–water partition coefficient (Wildman–Crippen LogP) is 18.6. The number of aliphatic hydroxyl groups is 9. The molecule has 1 aliphatic carbocycles. The molecule has 19 atom stereocenters. The van der Waals surface area contributed by atoms with Crippen LogP contribution < -0.4 is 0 Å². The molecule has 1 saturated carbocycles. The van der Waals surface area contributed by atoms with Crippen LogP contribution in [-0.4, -0.2) is 205 Å². The van der Waals surface area contributed by atoms with Gasteiger partial charge in [0.05, 0.1) is 13.2 Å². The lowest BCUT2D eigenvalue weighted by Gasteiger charge is -2.50. The van der Waals surface area contributed by atoms with Gasteiger partial charge in [0, 0.05) is 25.7 Å². The molecule has 0 spiro atoms. The average Bonchev–Trinajstić information content (AvgIpc) is 0.753. The summed E-state index contributed by atoms with van der Waals surface area (Å²) in [5, 5.41) is 102. The second-order valence-corrected chi connectivity index (χ2v) is 36.6. The van der Waals surface area contributed by atoms with Crippen LogP contribution in [0.2, 0.25) is 0 Å². The highest BCUT2D eigenvalue weighted by molar-refractivity contribution is 7.47. The smallest absolute Gasteiger partial charge is 0.463 e. The molecular formula is C94H175O25P. The van der Waals surface area contributed by atoms with Gasteiger partial charge in [0.2, 0.25) is 0 Å². The van der Waals surface area contributed by atoms with Gasteiger partial charge in [-0.1, -0.05) is 361 Å². The zero-order chi connectivity index (χ0) is 87.6. The molecule has 0 amide bonds. The first-order valence-corrected chi connectivity index (χ1v) is 50.3. The number of carbonyl (C=O) groups excluding carboxylic acids is 4. The number of ether oxygens (including phenoxy) is 8. The van der Waals surface area contributed by atoms with E-state index in [1.54, 1.807) is 0 Å². The number of hydrogen-bond donors (Lipinski definition) is 10. The first-order valence-electron chi connectivity index (χ1n) is 48.8. The van der Waals surface area contributed by atoms with Crippen LogP contribution in [0, 0.1) is 5.92 Å². The summed E-state index contributed by atoms with van der Waals surface area (Å²) in [6.07, 6.45) is 30.4. The summed E-state index contributed by atoms with van der Waals surface area (Å²) in [6.45, 7) is 7.95. The molecule has 3 fully saturated rings. The molecule has 120 heavy (non-hydrogen) atoms. The third kappa shape index (κ3) is 51.9. The Morgan fingerprint density at radius 3 is 1.08 bits per heavy atom. The molecule has 3 rings (SSSR count). The van der Waals surface area contributed by atoms with E-state index in [2.05, 4.69) is 46.8 Å². The van der Waals surface area contributed by atoms with Gasteiger partial charge in [-0.3, -0.25) is 28.2 Å². The van der Waals surface area contributed by atoms with E-state index in [9.17, 15) is 74.6 Å². The Kier molecular flexibility index (Phi) is 67.0. The summed E-state index contributed by atoms with van der Waals surface area (Å²) in [7, 11) is -5.81. The molecule has 0 radical (unpaired) electrons. The van der Waals surface area contributed by atoms with Gasteiger partial charge in [0.1, 0.15) is 92.6 Å². The maximum absolute atomic E-state index is 14.9. The summed E-state index contributed by atoms with van der Waals surface area (Å²) in [4.78, 5) is 66.6. The van der Waals surface area contributed by atoms with E-state index in [0.717, 1.165) is 148 Å². The number of carbonyl (C=O) groups is 4. The van der Waals surface area contributed by atoms with Crippen LogP contribution in [-0.2, 0) is 70.7 Å². The monoisotopic (exact) mass is 1740 g/mol. The quantitative estimate of drug-likeness (QED) is 0.00889. The topological polar surface area (TPSA) is 380 Å². The number of unbranched alkanes of at least 4 members (excludes halogenated alkanes) is 49. The molecular weight excluding hydrogens is 1560 g/mol. The van der Waals surface area contributed by atoms with Crippen LogP contribution >= 0.6 is 7.82 Å². The predicted molar refractivity (Wildman–Crippen MR) is 467 cm³/mol. The van der Waals surface area contributed by atoms with Crippen molar-refractivity contribution < 1.29 is 122 Å². The van der Waals surface area contributed by atoms with Crippen LogP contribution in [0.5, 0.6) is 0 Å². The summed E-state index contributed by atoms with van der Waals surface area (Å²) in [5.41, 5.74) is 0. The lowest BCUT2D eigenvalue weighted by atomic mass is 9.84. The molecule has 3 aliphatic rings. The van der Waals surface area contributed by atoms with Gasteiger partial charge in [-0.05, 0) is 57.3 Å². The summed E-state index contributed by atoms with van der Waals surface area (Å²) in [6, 6.07) is 0. The lowest BCUT2D eigenvalue weighted by molar-refractivity contribution is -0.360. The van der Waals surface area contributed by atoms with Crippen LogP contribution in [0.15, 0.2) is 12.2 Å². The van der Waals surface area contributed by atoms with Crippen molar-refractivity contribution in [3.63, 3.8) is 0 Å². The van der Waals surface area contributed by atoms with E-state index >= 15 is 0 Å². The van der Waals surface area contributed by atoms with Gasteiger partial charge < -0.3 is 88.7 Å². The Hall–Kier alpha value is -2.79. The zero-order valence-corrected chi connectivity index (χ0v) is 76.4. The fraction of sp³-hybridized carbons (Fsp3) is 0.936. The SMILES string of the molecule is CCCCCC/C=C\CCCCCCCCCC(=O)OCC1OC(OC2C(OC(=O)CCCCCCCCCCCCCCCCC)C(O)C(O)C(OC3OC(CO)C(O)C(O)C3O)C2OP(=O)(O)OCC(COC(=O)CCCCCCCCCCCCCCCCC)OC(=O)CCCCCCCCC(C)CCCCCCCC)C(O)C(O)C1O. The van der Waals surface area contributed by atoms with Crippen molar-refractivity contribution in [2.24, 2.45) is 5.92 Å². The largest absolute Gasteiger partial charge is 0.472 e. The number of phosphoric acid groups is 1. The minimum Gasteiger partial charge on any atom is -0.463 e. The van der Waals surface area contributed by atoms with Crippen molar-refractivity contribution in [3.05, 3.63) is 12.2 Å². The van der Waals surface area contributed by atoms with Gasteiger partial charge >= 0.3 is 31.7 Å². The van der Waals surface area contributed by atoms with E-state index in [0.29, 0.717) is 38.0 Å². The molecule has 0 aromatic carbocycles. The zero-order valence-electron chi connectivity index (χ0n) is 75.6. The summed E-state index contributed by atoms with van der Waals surface area (Å²) >= 11 is 0. The molecule has 2 heterocycles. The van der Waals surface area contributed by atoms with Crippen molar-refractivity contribution >= 4 is 31.7 Å². The second kappa shape index (κ2) is 72.2. The van der Waals surface area contributed by atoms with E-state index in [1.165, 1.54) is 186 Å². The van der Waals surface area contributed by atoms with E-state index in [-0.39, 0.29) is 25.7 Å². The van der Waals surface area contributed by atoms with Crippen LogP contribution in [0.1, 0.15) is 426 Å². The number of rotatable bonds is 79. The van der Waals surface area contributed by atoms with Gasteiger partial charge in [-0.2, -0.15) is 0 Å². The standard InChI is InChI=1S/C94H175O25P/c1-6-10-14-18-22-25-28-31-34-37-40-43-46-53-59-65-77(96)110-70-74(113-79(98)67-61-56-50-49-52-58-64-73(5)63-57-51-21-17-13-9-4)71-112-120(108,109)119-92-90(117-93-87(106)83(102)81(100)75(69-95)114-93)86(105)85(104)89(116-80(99)68-62-55-48-45-42-39-36-33-30-27-24-20-16-12-8-3)91(92)118-94-88(107)84(103)82(101)76(115-94)72-111-78(97)66-60-54-47-44-41-38-35-32-29-26-23-19-15-11-7-2/h26,29,73-76,81-95,100-107H,6-25,27-28,30-72H2,1-5H3,(H,108,109)/b29-26-. The maximum atomic E-state index is 14.9. The number of aliphatic hydroxyl groups excluding tert-OH is 9. The number of allylic oxidation sites excluding steroid dienone is 2. The van der Waals surface area contributed by atoms with Crippen LogP contribution in [0.3, 0.4) is 0 Å². The van der Waals surface area contributed by atoms with Crippen LogP contribution in [0.25, 0.3) is 0 Å². The highest BCUT2D eigenvalue weighted by Crippen LogP contribution is 2.49. The molecule has 2 aliphatic heterocycles. The van der Waals surface area contributed by atoms with Gasteiger partial charge in [0.15, 0.2) is 24.8 Å². The van der Waals surface area contributed by atoms with Crippen molar-refractivity contribution in [1.82, 2.24) is 0 Å². The Balaban J connectivity index is 1.91. The second-order valence-electron chi connectivity index (χ2n) is 35.2. The molecule has 25 nitrogen and oxygen atoms in total. The van der Waals surface area contributed by atoms with Crippen molar-refractivity contribution in [3.8, 4) is 0 Å². The Morgan fingerprint density at radius 1 is 0.350 bits per heavy atom. The third-order valence-corrected chi connectivity index (χ3v) is 25.2. The highest BCUT2D eigenvalue weighted by Gasteiger charge is 2.60. The minimum absolute atomic E-state index is 0.0108. The molecule has 0 bridgehead atoms. The van der Waals surface area contributed by atoms with Crippen molar-refractivity contribution in [1.29, 1.82) is 0 Å². The maximum Gasteiger partial charge on any atom is 0.472 e. The van der Waals surface area contributed by atoms with E-state index in [4.69, 9.17) is 46.9 Å². The van der Waals surface area contributed by atoms with E-state index < -0.39 is 162 Å². The van der Waals surface area contributed by atoms with E-state index in [1.807, 2.05) is 0 Å². The summed E-state index contributed by atoms with van der Waals surface area (Å²) < 4.78 is 73.6. The molecule has 2 saturated heterocycles. The third-order valence-electron chi connectivity index (χ3n) is 24.2. The minimum atomic E-state index is -5.81. The van der Waals surface area contributed by atoms with Crippen molar-refractivity contribution in [2.75, 3.05) is 26.4 Å². The molecule has 0 aromatic heterocycles. The molecule has 19 unspecified atom stereocenters. The fourth-order valence-electron chi connectivity index (χ4n) is 16.3. The van der Waals surface area contributed by atoms with Gasteiger partial charge in [-0.15, -0.1) is 0 Å². The molecule has 26 heteroatoms. The number of hydrogen-bond acceptors (Lipinski definition) is 24. The first-order chi connectivity index (χ1) is 58.1. The summed E-state index contributed by atoms with van der Waals surface area (Å²) in [5.74, 6) is -2.28.